The molecule has 3 nitrogen and oxygen atoms in total. The van der Waals surface area contributed by atoms with Crippen LogP contribution in [0.5, 0.6) is 0 Å². The lowest BCUT2D eigenvalue weighted by molar-refractivity contribution is 0.483. The maximum Gasteiger partial charge on any atom is 0.117 e. The van der Waals surface area contributed by atoms with Crippen LogP contribution in [0.2, 0.25) is 0 Å². The molecule has 0 aliphatic rings. The van der Waals surface area contributed by atoms with Crippen LogP contribution in [-0.4, -0.2) is 0 Å². The number of nitrogens with one attached hydrogen (secondary N) is 1. The summed E-state index contributed by atoms with van der Waals surface area (Å²) < 4.78 is 5.23. The predicted octanol–water partition coefficient (Wildman–Crippen LogP) is 2.46. The van der Waals surface area contributed by atoms with Gasteiger partial charge >= 0.3 is 0 Å². The topological polar surface area (TPSA) is 51.2 Å². The van der Waals surface area contributed by atoms with E-state index in [1.54, 1.807) is 6.26 Å². The second-order valence-electron chi connectivity index (χ2n) is 3.87. The minimum absolute atomic E-state index is 0.737. The molecule has 2 rings (SSSR count). The van der Waals surface area contributed by atoms with Crippen molar-refractivity contribution in [1.29, 1.82) is 0 Å². The molecule has 16 heavy (non-hydrogen) atoms. The fraction of sp³-hybridized carbons (Fsp3) is 0.231. The summed E-state index contributed by atoms with van der Waals surface area (Å²) in [6, 6.07) is 9.97. The molecule has 1 aromatic carbocycles. The zero-order chi connectivity index (χ0) is 11.4. The smallest absolute Gasteiger partial charge is 0.117 e. The minimum Gasteiger partial charge on any atom is -0.468 e. The molecule has 0 radical (unpaired) electrons. The molecule has 0 unspecified atom stereocenters. The first-order chi connectivity index (χ1) is 7.75. The lowest BCUT2D eigenvalue weighted by atomic mass is 10.1. The van der Waals surface area contributed by atoms with Crippen LogP contribution in [0.25, 0.3) is 0 Å². The highest BCUT2D eigenvalue weighted by atomic mass is 16.3. The first kappa shape index (κ1) is 10.8. The average molecular weight is 216 g/mol. The zero-order valence-corrected chi connectivity index (χ0v) is 9.36. The van der Waals surface area contributed by atoms with Crippen molar-refractivity contribution in [2.75, 3.05) is 5.73 Å². The van der Waals surface area contributed by atoms with E-state index in [-0.39, 0.29) is 0 Å². The van der Waals surface area contributed by atoms with Crippen molar-refractivity contribution in [3.8, 4) is 0 Å². The van der Waals surface area contributed by atoms with Crippen molar-refractivity contribution >= 4 is 5.69 Å². The second kappa shape index (κ2) is 4.86. The Morgan fingerprint density at radius 2 is 2.12 bits per heavy atom. The molecular formula is C13H16N2O. The summed E-state index contributed by atoms with van der Waals surface area (Å²) in [5, 5.41) is 3.30. The van der Waals surface area contributed by atoms with Crippen LogP contribution < -0.4 is 11.1 Å². The van der Waals surface area contributed by atoms with Gasteiger partial charge in [-0.05, 0) is 36.2 Å². The molecular weight excluding hydrogens is 200 g/mol. The third kappa shape index (κ3) is 2.64. The Labute approximate surface area is 95.3 Å². The standard InChI is InChI=1S/C13H16N2O/c1-10-4-5-11(7-13(10)14)8-15-9-12-3-2-6-16-12/h2-7,15H,8-9,14H2,1H3. The van der Waals surface area contributed by atoms with Crippen LogP contribution in [0.15, 0.2) is 41.0 Å². The van der Waals surface area contributed by atoms with Crippen molar-refractivity contribution in [3.05, 3.63) is 53.5 Å². The van der Waals surface area contributed by atoms with E-state index in [9.17, 15) is 0 Å². The Kier molecular flexibility index (Phi) is 3.27. The molecule has 0 spiro atoms. The Hall–Kier alpha value is -1.74. The molecule has 2 aromatic rings. The number of aryl methyl sites for hydroxylation is 1. The van der Waals surface area contributed by atoms with Crippen molar-refractivity contribution in [2.24, 2.45) is 0 Å². The van der Waals surface area contributed by atoms with Crippen LogP contribution >= 0.6 is 0 Å². The molecule has 0 bridgehead atoms. The molecule has 3 N–H and O–H groups in total. The molecule has 1 aromatic heterocycles. The highest BCUT2D eigenvalue weighted by molar-refractivity contribution is 5.48. The van der Waals surface area contributed by atoms with Gasteiger partial charge < -0.3 is 15.5 Å². The van der Waals surface area contributed by atoms with Crippen molar-refractivity contribution in [2.45, 2.75) is 20.0 Å². The Balaban J connectivity index is 1.87. The highest BCUT2D eigenvalue weighted by Crippen LogP contribution is 2.12. The summed E-state index contributed by atoms with van der Waals surface area (Å²) in [5.74, 6) is 0.945. The SMILES string of the molecule is Cc1ccc(CNCc2ccco2)cc1N. The zero-order valence-electron chi connectivity index (χ0n) is 9.36. The Morgan fingerprint density at radius 1 is 1.25 bits per heavy atom. The summed E-state index contributed by atoms with van der Waals surface area (Å²) in [6.45, 7) is 3.54. The Morgan fingerprint density at radius 3 is 2.81 bits per heavy atom. The van der Waals surface area contributed by atoms with E-state index in [0.717, 1.165) is 30.1 Å². The normalized spacial score (nSPS) is 10.6. The van der Waals surface area contributed by atoms with Gasteiger partial charge in [0.25, 0.3) is 0 Å². The molecule has 0 aliphatic heterocycles. The van der Waals surface area contributed by atoms with Gasteiger partial charge in [-0.15, -0.1) is 0 Å². The number of hydrogen-bond acceptors (Lipinski definition) is 3. The van der Waals surface area contributed by atoms with Gasteiger partial charge in [0.1, 0.15) is 5.76 Å². The van der Waals surface area contributed by atoms with E-state index >= 15 is 0 Å². The molecule has 84 valence electrons. The molecule has 0 aliphatic carbocycles. The lowest BCUT2D eigenvalue weighted by Crippen LogP contribution is -2.12. The lowest BCUT2D eigenvalue weighted by Gasteiger charge is -2.06. The van der Waals surface area contributed by atoms with Gasteiger partial charge in [0.05, 0.1) is 12.8 Å². The van der Waals surface area contributed by atoms with Crippen molar-refractivity contribution in [3.63, 3.8) is 0 Å². The summed E-state index contributed by atoms with van der Waals surface area (Å²) >= 11 is 0. The molecule has 1 heterocycles. The highest BCUT2D eigenvalue weighted by Gasteiger charge is 1.98. The largest absolute Gasteiger partial charge is 0.468 e. The first-order valence-corrected chi connectivity index (χ1v) is 5.34. The summed E-state index contributed by atoms with van der Waals surface area (Å²) in [5.41, 5.74) is 9.00. The summed E-state index contributed by atoms with van der Waals surface area (Å²) in [7, 11) is 0. The molecule has 0 amide bonds. The minimum atomic E-state index is 0.737. The van der Waals surface area contributed by atoms with Gasteiger partial charge in [-0.25, -0.2) is 0 Å². The molecule has 0 fully saturated rings. The molecule has 0 atom stereocenters. The van der Waals surface area contributed by atoms with Crippen LogP contribution in [-0.2, 0) is 13.1 Å². The van der Waals surface area contributed by atoms with Crippen LogP contribution in [0, 0.1) is 6.92 Å². The summed E-state index contributed by atoms with van der Waals surface area (Å²) in [6.07, 6.45) is 1.68. The molecule has 3 heteroatoms. The fourth-order valence-electron chi connectivity index (χ4n) is 1.54. The number of rotatable bonds is 4. The first-order valence-electron chi connectivity index (χ1n) is 5.34. The number of benzene rings is 1. The molecule has 0 saturated heterocycles. The van der Waals surface area contributed by atoms with Crippen LogP contribution in [0.3, 0.4) is 0 Å². The van der Waals surface area contributed by atoms with Crippen molar-refractivity contribution in [1.82, 2.24) is 5.32 Å². The van der Waals surface area contributed by atoms with E-state index in [1.807, 2.05) is 31.2 Å². The van der Waals surface area contributed by atoms with Gasteiger partial charge in [-0.1, -0.05) is 12.1 Å². The van der Waals surface area contributed by atoms with E-state index < -0.39 is 0 Å². The number of nitrogens with two attached hydrogens (primary N) is 1. The fourth-order valence-corrected chi connectivity index (χ4v) is 1.54. The average Bonchev–Trinajstić information content (AvgIpc) is 2.76. The maximum atomic E-state index is 5.84. The van der Waals surface area contributed by atoms with Gasteiger partial charge in [0, 0.05) is 12.2 Å². The van der Waals surface area contributed by atoms with Crippen molar-refractivity contribution < 1.29 is 4.42 Å². The van der Waals surface area contributed by atoms with Gasteiger partial charge in [-0.3, -0.25) is 0 Å². The van der Waals surface area contributed by atoms with Crippen LogP contribution in [0.4, 0.5) is 5.69 Å². The van der Waals surface area contributed by atoms with E-state index in [1.165, 1.54) is 5.56 Å². The summed E-state index contributed by atoms with van der Waals surface area (Å²) in [4.78, 5) is 0. The van der Waals surface area contributed by atoms with Gasteiger partial charge in [0.2, 0.25) is 0 Å². The van der Waals surface area contributed by atoms with Crippen LogP contribution in [0.1, 0.15) is 16.9 Å². The number of nitrogen functional groups attached to an aromatic ring is 1. The number of anilines is 1. The maximum absolute atomic E-state index is 5.84. The third-order valence-electron chi connectivity index (χ3n) is 2.55. The van der Waals surface area contributed by atoms with Gasteiger partial charge in [0.15, 0.2) is 0 Å². The van der Waals surface area contributed by atoms with E-state index in [2.05, 4.69) is 11.4 Å². The molecule has 0 saturated carbocycles. The number of furan rings is 1. The van der Waals surface area contributed by atoms with E-state index in [4.69, 9.17) is 10.2 Å². The Bertz CT molecular complexity index is 449. The quantitative estimate of drug-likeness (QED) is 0.772. The third-order valence-corrected chi connectivity index (χ3v) is 2.55. The monoisotopic (exact) mass is 216 g/mol. The van der Waals surface area contributed by atoms with Gasteiger partial charge in [-0.2, -0.15) is 0 Å². The predicted molar refractivity (Wildman–Crippen MR) is 64.8 cm³/mol. The van der Waals surface area contributed by atoms with E-state index in [0.29, 0.717) is 0 Å². The second-order valence-corrected chi connectivity index (χ2v) is 3.87. The number of hydrogen-bond donors (Lipinski definition) is 2.